The van der Waals surface area contributed by atoms with Gasteiger partial charge in [0.15, 0.2) is 0 Å². The second-order valence-corrected chi connectivity index (χ2v) is 5.52. The maximum atomic E-state index is 11.8. The first kappa shape index (κ1) is 13.1. The van der Waals surface area contributed by atoms with Crippen LogP contribution < -0.4 is 10.6 Å². The molecule has 98 valence electrons. The van der Waals surface area contributed by atoms with Crippen molar-refractivity contribution in [1.82, 2.24) is 5.32 Å². The van der Waals surface area contributed by atoms with E-state index in [0.717, 1.165) is 24.2 Å². The van der Waals surface area contributed by atoms with Gasteiger partial charge >= 0.3 is 0 Å². The van der Waals surface area contributed by atoms with Crippen LogP contribution in [0.4, 0.5) is 5.69 Å². The smallest absolute Gasteiger partial charge is 0.234 e. The van der Waals surface area contributed by atoms with Crippen molar-refractivity contribution >= 4 is 11.6 Å². The molecule has 3 nitrogen and oxygen atoms in total. The highest BCUT2D eigenvalue weighted by Gasteiger charge is 2.38. The Hall–Kier alpha value is -1.35. The number of benzene rings is 1. The van der Waals surface area contributed by atoms with E-state index in [1.165, 1.54) is 18.4 Å². The number of aryl methyl sites for hydroxylation is 1. The van der Waals surface area contributed by atoms with E-state index < -0.39 is 5.41 Å². The van der Waals surface area contributed by atoms with Gasteiger partial charge in [-0.05, 0) is 63.9 Å². The molecule has 2 N–H and O–H groups in total. The van der Waals surface area contributed by atoms with E-state index in [-0.39, 0.29) is 5.91 Å². The van der Waals surface area contributed by atoms with Crippen LogP contribution in [0.25, 0.3) is 0 Å². The summed E-state index contributed by atoms with van der Waals surface area (Å²) in [6.45, 7) is 5.04. The molecule has 0 bridgehead atoms. The van der Waals surface area contributed by atoms with Gasteiger partial charge in [0.1, 0.15) is 0 Å². The van der Waals surface area contributed by atoms with Gasteiger partial charge < -0.3 is 10.6 Å². The van der Waals surface area contributed by atoms with E-state index in [2.05, 4.69) is 22.8 Å². The Kier molecular flexibility index (Phi) is 3.71. The highest BCUT2D eigenvalue weighted by atomic mass is 16.2. The van der Waals surface area contributed by atoms with Crippen molar-refractivity contribution in [1.29, 1.82) is 0 Å². The second kappa shape index (κ2) is 5.11. The number of carbonyl (C=O) groups excluding carboxylic acids is 1. The third kappa shape index (κ3) is 2.41. The van der Waals surface area contributed by atoms with Crippen molar-refractivity contribution in [2.75, 3.05) is 18.9 Å². The Morgan fingerprint density at radius 1 is 1.28 bits per heavy atom. The number of amides is 1. The lowest BCUT2D eigenvalue weighted by molar-refractivity contribution is -0.119. The first-order chi connectivity index (χ1) is 8.55. The van der Waals surface area contributed by atoms with Gasteiger partial charge in [-0.15, -0.1) is 0 Å². The molecule has 1 aromatic rings. The fraction of sp³-hybridized carbons (Fsp3) is 0.533. The third-order valence-corrected chi connectivity index (χ3v) is 3.72. The quantitative estimate of drug-likeness (QED) is 0.784. The minimum absolute atomic E-state index is 0.102. The van der Waals surface area contributed by atoms with Gasteiger partial charge in [0.2, 0.25) is 5.91 Å². The number of rotatable bonds is 5. The summed E-state index contributed by atoms with van der Waals surface area (Å²) >= 11 is 0. The van der Waals surface area contributed by atoms with Crippen LogP contribution >= 0.6 is 0 Å². The van der Waals surface area contributed by atoms with Crippen molar-refractivity contribution in [2.45, 2.75) is 38.5 Å². The molecule has 0 atom stereocenters. The van der Waals surface area contributed by atoms with E-state index in [1.807, 2.05) is 27.0 Å². The van der Waals surface area contributed by atoms with Crippen LogP contribution in [-0.4, -0.2) is 19.5 Å². The summed E-state index contributed by atoms with van der Waals surface area (Å²) < 4.78 is 0. The van der Waals surface area contributed by atoms with E-state index in [9.17, 15) is 4.79 Å². The van der Waals surface area contributed by atoms with Crippen molar-refractivity contribution in [3.8, 4) is 0 Å². The third-order valence-electron chi connectivity index (χ3n) is 3.72. The van der Waals surface area contributed by atoms with E-state index in [1.54, 1.807) is 0 Å². The Balaban J connectivity index is 2.09. The monoisotopic (exact) mass is 246 g/mol. The lowest BCUT2D eigenvalue weighted by Crippen LogP contribution is -2.26. The number of fused-ring (bicyclic) bond motifs is 1. The van der Waals surface area contributed by atoms with Crippen LogP contribution in [0.1, 0.15) is 37.8 Å². The molecule has 0 unspecified atom stereocenters. The molecule has 0 saturated carbocycles. The summed E-state index contributed by atoms with van der Waals surface area (Å²) in [5.74, 6) is 0.102. The first-order valence-corrected chi connectivity index (χ1v) is 6.65. The largest absolute Gasteiger partial charge is 0.325 e. The average Bonchev–Trinajstić information content (AvgIpc) is 2.57. The van der Waals surface area contributed by atoms with Crippen molar-refractivity contribution in [3.05, 3.63) is 29.3 Å². The summed E-state index contributed by atoms with van der Waals surface area (Å²) in [7, 11) is 1.98. The molecule has 18 heavy (non-hydrogen) atoms. The molecular weight excluding hydrogens is 224 g/mol. The highest BCUT2D eigenvalue weighted by Crippen LogP contribution is 2.37. The number of hydrogen-bond donors (Lipinski definition) is 2. The van der Waals surface area contributed by atoms with Gasteiger partial charge in [0.25, 0.3) is 0 Å². The molecule has 1 heterocycles. The standard InChI is InChI=1S/C15H22N2O/c1-15(2)12-10-11(6-4-5-9-16-3)7-8-13(12)17-14(15)18/h7-8,10,16H,4-6,9H2,1-3H3,(H,17,18). The molecule has 0 fully saturated rings. The zero-order chi connectivity index (χ0) is 13.2. The lowest BCUT2D eigenvalue weighted by atomic mass is 9.85. The number of nitrogens with one attached hydrogen (secondary N) is 2. The van der Waals surface area contributed by atoms with Gasteiger partial charge in [0.05, 0.1) is 5.41 Å². The topological polar surface area (TPSA) is 41.1 Å². The van der Waals surface area contributed by atoms with Crippen LogP contribution in [-0.2, 0) is 16.6 Å². The zero-order valence-electron chi connectivity index (χ0n) is 11.5. The molecule has 0 aliphatic carbocycles. The van der Waals surface area contributed by atoms with Gasteiger partial charge in [-0.1, -0.05) is 12.1 Å². The van der Waals surface area contributed by atoms with Crippen molar-refractivity contribution in [2.24, 2.45) is 0 Å². The summed E-state index contributed by atoms with van der Waals surface area (Å²) in [4.78, 5) is 11.8. The molecule has 0 radical (unpaired) electrons. The van der Waals surface area contributed by atoms with Crippen LogP contribution in [0.3, 0.4) is 0 Å². The van der Waals surface area contributed by atoms with Gasteiger partial charge in [0, 0.05) is 5.69 Å². The predicted octanol–water partition coefficient (Wildman–Crippen LogP) is 2.46. The lowest BCUT2D eigenvalue weighted by Gasteiger charge is -2.15. The van der Waals surface area contributed by atoms with E-state index in [4.69, 9.17) is 0 Å². The average molecular weight is 246 g/mol. The second-order valence-electron chi connectivity index (χ2n) is 5.52. The SMILES string of the molecule is CNCCCCc1ccc2c(c1)C(C)(C)C(=O)N2. The zero-order valence-corrected chi connectivity index (χ0v) is 11.5. The molecule has 0 aromatic heterocycles. The number of carbonyl (C=O) groups is 1. The summed E-state index contributed by atoms with van der Waals surface area (Å²) in [5, 5.41) is 6.10. The first-order valence-electron chi connectivity index (χ1n) is 6.65. The molecular formula is C15H22N2O. The van der Waals surface area contributed by atoms with Crippen LogP contribution in [0.2, 0.25) is 0 Å². The molecule has 1 aromatic carbocycles. The van der Waals surface area contributed by atoms with Crippen LogP contribution in [0, 0.1) is 0 Å². The maximum Gasteiger partial charge on any atom is 0.234 e. The van der Waals surface area contributed by atoms with Crippen LogP contribution in [0.5, 0.6) is 0 Å². The molecule has 0 spiro atoms. The molecule has 2 rings (SSSR count). The van der Waals surface area contributed by atoms with Crippen molar-refractivity contribution in [3.63, 3.8) is 0 Å². The maximum absolute atomic E-state index is 11.8. The minimum atomic E-state index is -0.393. The normalized spacial score (nSPS) is 16.5. The van der Waals surface area contributed by atoms with E-state index in [0.29, 0.717) is 0 Å². The van der Waals surface area contributed by atoms with Crippen molar-refractivity contribution < 1.29 is 4.79 Å². The molecule has 1 amide bonds. The minimum Gasteiger partial charge on any atom is -0.325 e. The Morgan fingerprint density at radius 2 is 2.06 bits per heavy atom. The van der Waals surface area contributed by atoms with Crippen LogP contribution in [0.15, 0.2) is 18.2 Å². The van der Waals surface area contributed by atoms with Gasteiger partial charge in [-0.2, -0.15) is 0 Å². The van der Waals surface area contributed by atoms with Gasteiger partial charge in [-0.3, -0.25) is 4.79 Å². The number of hydrogen-bond acceptors (Lipinski definition) is 2. The summed E-state index contributed by atoms with van der Waals surface area (Å²) in [6.07, 6.45) is 3.45. The molecule has 1 aliphatic rings. The van der Waals surface area contributed by atoms with E-state index >= 15 is 0 Å². The molecule has 0 saturated heterocycles. The number of anilines is 1. The summed E-state index contributed by atoms with van der Waals surface area (Å²) in [6, 6.07) is 6.35. The Bertz CT molecular complexity index is 452. The fourth-order valence-corrected chi connectivity index (χ4v) is 2.40. The predicted molar refractivity (Wildman–Crippen MR) is 75.0 cm³/mol. The molecule has 3 heteroatoms. The summed E-state index contributed by atoms with van der Waals surface area (Å²) in [5.41, 5.74) is 3.05. The van der Waals surface area contributed by atoms with Gasteiger partial charge in [-0.25, -0.2) is 0 Å². The Labute approximate surface area is 109 Å². The fourth-order valence-electron chi connectivity index (χ4n) is 2.40. The number of unbranched alkanes of at least 4 members (excludes halogenated alkanes) is 1. The highest BCUT2D eigenvalue weighted by molar-refractivity contribution is 6.05. The Morgan fingerprint density at radius 3 is 2.78 bits per heavy atom. The molecule has 1 aliphatic heterocycles.